The molecule has 2 fully saturated rings. The Kier molecular flexibility index (Phi) is 8.26. The number of likely N-dealkylation sites (tertiary alicyclic amines) is 1. The Bertz CT molecular complexity index is 988. The van der Waals surface area contributed by atoms with Gasteiger partial charge in [-0.05, 0) is 25.2 Å². The number of amides is 2. The molecule has 0 saturated carbocycles. The molecule has 0 spiro atoms. The van der Waals surface area contributed by atoms with Crippen LogP contribution in [-0.4, -0.2) is 88.5 Å². The molecular weight excluding hydrogens is 498 g/mol. The van der Waals surface area contributed by atoms with E-state index in [9.17, 15) is 9.59 Å². The number of carbonyl (C=O) groups is 2. The maximum atomic E-state index is 13.2. The van der Waals surface area contributed by atoms with Gasteiger partial charge in [-0.15, -0.1) is 0 Å². The lowest BCUT2D eigenvalue weighted by Gasteiger charge is -2.40. The van der Waals surface area contributed by atoms with Gasteiger partial charge in [0.15, 0.2) is 0 Å². The summed E-state index contributed by atoms with van der Waals surface area (Å²) in [6.45, 7) is 6.74. The number of rotatable bonds is 7. The van der Waals surface area contributed by atoms with Crippen molar-refractivity contribution in [3.63, 3.8) is 0 Å². The summed E-state index contributed by atoms with van der Waals surface area (Å²) in [5, 5.41) is 0. The molecule has 0 N–H and O–H groups in total. The van der Waals surface area contributed by atoms with Gasteiger partial charge in [0.25, 0.3) is 0 Å². The number of ether oxygens (including phenoxy) is 1. The topological polar surface area (TPSA) is 70.9 Å². The summed E-state index contributed by atoms with van der Waals surface area (Å²) in [6, 6.07) is 7.79. The number of piperidine rings is 1. The Morgan fingerprint density at radius 1 is 1.12 bits per heavy atom. The highest BCUT2D eigenvalue weighted by Gasteiger charge is 2.35. The second kappa shape index (κ2) is 11.4. The van der Waals surface area contributed by atoms with Crippen molar-refractivity contribution >= 4 is 27.7 Å². The van der Waals surface area contributed by atoms with Crippen LogP contribution in [-0.2, 0) is 22.6 Å². The molecule has 2 aliphatic rings. The van der Waals surface area contributed by atoms with Crippen molar-refractivity contribution in [1.29, 1.82) is 0 Å². The average Bonchev–Trinajstić information content (AvgIpc) is 3.27. The number of benzene rings is 1. The molecule has 2 aromatic rings. The summed E-state index contributed by atoms with van der Waals surface area (Å²) >= 11 is 3.50. The third kappa shape index (κ3) is 6.18. The SMILES string of the molecule is CCc1nccn1CC(=O)N1CC[C@H](Oc2cccc(Br)c2)[C@@H](CC(=O)N2CCN(C)CC2)C1. The number of halogens is 1. The molecule has 0 radical (unpaired) electrons. The zero-order valence-electron chi connectivity index (χ0n) is 20.0. The largest absolute Gasteiger partial charge is 0.490 e. The van der Waals surface area contributed by atoms with Gasteiger partial charge in [0.1, 0.15) is 24.2 Å². The average molecular weight is 532 g/mol. The maximum Gasteiger partial charge on any atom is 0.242 e. The number of carbonyl (C=O) groups excluding carboxylic acids is 2. The number of hydrogen-bond donors (Lipinski definition) is 0. The van der Waals surface area contributed by atoms with E-state index in [0.29, 0.717) is 25.9 Å². The van der Waals surface area contributed by atoms with Crippen molar-refractivity contribution in [1.82, 2.24) is 24.3 Å². The second-order valence-electron chi connectivity index (χ2n) is 9.22. The number of hydrogen-bond acceptors (Lipinski definition) is 5. The fourth-order valence-corrected chi connectivity index (χ4v) is 5.14. The normalized spacial score (nSPS) is 21.5. The Balaban J connectivity index is 1.45. The van der Waals surface area contributed by atoms with Crippen molar-refractivity contribution in [2.24, 2.45) is 5.92 Å². The molecule has 2 atom stereocenters. The summed E-state index contributed by atoms with van der Waals surface area (Å²) < 4.78 is 9.23. The van der Waals surface area contributed by atoms with Gasteiger partial charge >= 0.3 is 0 Å². The van der Waals surface area contributed by atoms with Crippen LogP contribution >= 0.6 is 15.9 Å². The van der Waals surface area contributed by atoms with Gasteiger partial charge in [0.05, 0.1) is 0 Å². The Labute approximate surface area is 210 Å². The lowest BCUT2D eigenvalue weighted by molar-refractivity contribution is -0.140. The second-order valence-corrected chi connectivity index (χ2v) is 10.1. The minimum absolute atomic E-state index is 0.0581. The number of likely N-dealkylation sites (N-methyl/N-ethyl adjacent to an activating group) is 1. The first-order chi connectivity index (χ1) is 16.4. The van der Waals surface area contributed by atoms with Gasteiger partial charge in [-0.25, -0.2) is 4.98 Å². The highest BCUT2D eigenvalue weighted by atomic mass is 79.9. The van der Waals surface area contributed by atoms with Crippen LogP contribution in [0.3, 0.4) is 0 Å². The molecule has 2 amide bonds. The zero-order valence-corrected chi connectivity index (χ0v) is 21.6. The van der Waals surface area contributed by atoms with Crippen LogP contribution in [0.25, 0.3) is 0 Å². The van der Waals surface area contributed by atoms with Crippen molar-refractivity contribution in [2.75, 3.05) is 46.3 Å². The van der Waals surface area contributed by atoms with Gasteiger partial charge < -0.3 is 24.0 Å². The van der Waals surface area contributed by atoms with Crippen molar-refractivity contribution in [3.8, 4) is 5.75 Å². The summed E-state index contributed by atoms with van der Waals surface area (Å²) in [6.07, 6.45) is 5.34. The van der Waals surface area contributed by atoms with Gasteiger partial charge in [0, 0.05) is 81.3 Å². The van der Waals surface area contributed by atoms with Crippen molar-refractivity contribution in [2.45, 2.75) is 38.8 Å². The number of nitrogens with zero attached hydrogens (tertiary/aromatic N) is 5. The van der Waals surface area contributed by atoms with E-state index >= 15 is 0 Å². The minimum Gasteiger partial charge on any atom is -0.490 e. The lowest BCUT2D eigenvalue weighted by atomic mass is 9.90. The molecule has 3 heterocycles. The maximum absolute atomic E-state index is 13.2. The Morgan fingerprint density at radius 2 is 1.91 bits per heavy atom. The third-order valence-corrected chi connectivity index (χ3v) is 7.31. The summed E-state index contributed by atoms with van der Waals surface area (Å²) in [7, 11) is 2.08. The van der Waals surface area contributed by atoms with E-state index in [2.05, 4.69) is 32.9 Å². The number of aryl methyl sites for hydroxylation is 1. The molecule has 4 rings (SSSR count). The van der Waals surface area contributed by atoms with Crippen LogP contribution in [0.4, 0.5) is 0 Å². The first-order valence-corrected chi connectivity index (χ1v) is 12.9. The lowest BCUT2D eigenvalue weighted by Crippen LogP contribution is -2.52. The van der Waals surface area contributed by atoms with Crippen LogP contribution < -0.4 is 4.74 Å². The zero-order chi connectivity index (χ0) is 24.1. The van der Waals surface area contributed by atoms with E-state index in [1.165, 1.54) is 0 Å². The smallest absolute Gasteiger partial charge is 0.242 e. The number of imidazole rings is 1. The molecule has 0 aliphatic carbocycles. The molecule has 2 aliphatic heterocycles. The van der Waals surface area contributed by atoms with Gasteiger partial charge in [-0.3, -0.25) is 9.59 Å². The number of piperazine rings is 1. The van der Waals surface area contributed by atoms with E-state index in [0.717, 1.165) is 48.6 Å². The fraction of sp³-hybridized carbons (Fsp3) is 0.560. The van der Waals surface area contributed by atoms with E-state index in [-0.39, 0.29) is 30.4 Å². The van der Waals surface area contributed by atoms with E-state index in [4.69, 9.17) is 4.74 Å². The highest BCUT2D eigenvalue weighted by molar-refractivity contribution is 9.10. The predicted octanol–water partition coefficient (Wildman–Crippen LogP) is 2.67. The van der Waals surface area contributed by atoms with Crippen LogP contribution in [0.5, 0.6) is 5.75 Å². The summed E-state index contributed by atoms with van der Waals surface area (Å²) in [5.41, 5.74) is 0. The number of aromatic nitrogens is 2. The van der Waals surface area contributed by atoms with Gasteiger partial charge in [-0.1, -0.05) is 28.9 Å². The molecule has 1 aromatic carbocycles. The van der Waals surface area contributed by atoms with E-state index in [1.54, 1.807) is 6.20 Å². The monoisotopic (exact) mass is 531 g/mol. The van der Waals surface area contributed by atoms with Crippen LogP contribution in [0.2, 0.25) is 0 Å². The molecule has 8 nitrogen and oxygen atoms in total. The van der Waals surface area contributed by atoms with E-state index < -0.39 is 0 Å². The summed E-state index contributed by atoms with van der Waals surface area (Å²) in [5.74, 6) is 1.84. The molecule has 184 valence electrons. The van der Waals surface area contributed by atoms with Crippen LogP contribution in [0, 0.1) is 5.92 Å². The minimum atomic E-state index is -0.116. The molecule has 0 bridgehead atoms. The highest BCUT2D eigenvalue weighted by Crippen LogP contribution is 2.28. The molecule has 0 unspecified atom stereocenters. The van der Waals surface area contributed by atoms with Gasteiger partial charge in [0.2, 0.25) is 11.8 Å². The first kappa shape index (κ1) is 24.7. The van der Waals surface area contributed by atoms with Crippen molar-refractivity contribution in [3.05, 3.63) is 47.0 Å². The Hall–Kier alpha value is -2.39. The van der Waals surface area contributed by atoms with E-state index in [1.807, 2.05) is 51.8 Å². The third-order valence-electron chi connectivity index (χ3n) is 6.82. The summed E-state index contributed by atoms with van der Waals surface area (Å²) in [4.78, 5) is 36.7. The van der Waals surface area contributed by atoms with Crippen LogP contribution in [0.15, 0.2) is 41.1 Å². The molecule has 9 heteroatoms. The van der Waals surface area contributed by atoms with Gasteiger partial charge in [-0.2, -0.15) is 0 Å². The molecule has 2 saturated heterocycles. The quantitative estimate of drug-likeness (QED) is 0.549. The standard InChI is InChI=1S/C25H34BrN5O3/c1-3-23-27-8-10-30(23)18-25(33)31-9-7-22(34-21-6-4-5-20(26)16-21)19(17-31)15-24(32)29-13-11-28(2)12-14-29/h4-6,8,10,16,19,22H,3,7,9,11-15,17-18H2,1-2H3/t19-,22-/m0/s1. The fourth-order valence-electron chi connectivity index (χ4n) is 4.76. The Morgan fingerprint density at radius 3 is 2.65 bits per heavy atom. The molecular formula is C25H34BrN5O3. The molecule has 34 heavy (non-hydrogen) atoms. The first-order valence-electron chi connectivity index (χ1n) is 12.1. The molecule has 1 aromatic heterocycles. The van der Waals surface area contributed by atoms with Crippen molar-refractivity contribution < 1.29 is 14.3 Å². The van der Waals surface area contributed by atoms with Crippen LogP contribution in [0.1, 0.15) is 25.6 Å². The predicted molar refractivity (Wildman–Crippen MR) is 134 cm³/mol.